The molecule has 2 N–H and O–H groups in total. The Morgan fingerprint density at radius 3 is 2.29 bits per heavy atom. The number of hydrogen-bond acceptors (Lipinski definition) is 10. The summed E-state index contributed by atoms with van der Waals surface area (Å²) in [6.07, 6.45) is 6.87. The number of carbonyl (C=O) groups excluding carboxylic acids is 2. The molecule has 66 heavy (non-hydrogen) atoms. The van der Waals surface area contributed by atoms with Crippen LogP contribution < -0.4 is 10.4 Å². The van der Waals surface area contributed by atoms with Gasteiger partial charge in [-0.05, 0) is 130 Å². The predicted molar refractivity (Wildman–Crippen MR) is 253 cm³/mol. The van der Waals surface area contributed by atoms with Gasteiger partial charge in [0, 0.05) is 41.4 Å². The quantitative estimate of drug-likeness (QED) is 0.0538. The molecule has 10 nitrogen and oxygen atoms in total. The molecule has 1 aromatic heterocycles. The Bertz CT molecular complexity index is 2550. The minimum atomic E-state index is -1.18. The van der Waals surface area contributed by atoms with Crippen LogP contribution in [-0.2, 0) is 49.5 Å². The van der Waals surface area contributed by atoms with Crippen LogP contribution in [0.25, 0.3) is 11.0 Å². The standard InChI is InChI=1S/C56H64O10/c1-36(2)46-25-23-37-17-19-40(20-18-37)31-42(22-21-39-13-10-14-41(30-39)29-38-11-6-4-7-12-38)32-49(59)63-52-50-48(66-56(3,53(52)65-54(46)60)45-15-8-5-9-16-45)26-24-43-33-47(55(61)64-51(43)50)44(27-28-57)34-62-35-58/h4,6-7,10-14,17-20,24,26,30,33,42,44-45,52-53,57-58H,5,8-9,15-16,21-23,25,27-29,31-32,34-35H2,1-3H3/t42-,44-,52-,53+,56+/m1/s1. The molecule has 4 aromatic carbocycles. The van der Waals surface area contributed by atoms with Gasteiger partial charge in [0.25, 0.3) is 0 Å². The van der Waals surface area contributed by atoms with Crippen molar-refractivity contribution < 1.29 is 43.2 Å². The number of rotatable bonds is 12. The molecule has 0 spiro atoms. The Hall–Kier alpha value is -5.55. The molecule has 5 aromatic rings. The molecule has 1 aliphatic carbocycles. The van der Waals surface area contributed by atoms with E-state index in [2.05, 4.69) is 72.8 Å². The number of benzene rings is 4. The Kier molecular flexibility index (Phi) is 15.2. The molecule has 4 heterocycles. The SMILES string of the molecule is CC(C)=C1CCc2ccc(cc2)C[C@@H](CCc2cccc(Cc3ccccc3)c2)CC(=O)O[C@@H]2c3c(ccc4cc([C@H](CCO)COCO)c(=O)oc34)O[C@@](C)(C3CCCCC3)[C@H]2OC1=O. The number of ether oxygens (including phenoxy) is 4. The van der Waals surface area contributed by atoms with Gasteiger partial charge in [-0.1, -0.05) is 104 Å². The summed E-state index contributed by atoms with van der Waals surface area (Å²) in [6.45, 7) is 5.05. The third-order valence-corrected chi connectivity index (χ3v) is 14.2. The lowest BCUT2D eigenvalue weighted by Crippen LogP contribution is -2.58. The van der Waals surface area contributed by atoms with E-state index in [1.165, 1.54) is 16.7 Å². The first-order valence-corrected chi connectivity index (χ1v) is 23.9. The summed E-state index contributed by atoms with van der Waals surface area (Å²) in [6, 6.07) is 32.9. The summed E-state index contributed by atoms with van der Waals surface area (Å²) in [7, 11) is 0. The van der Waals surface area contributed by atoms with E-state index in [4.69, 9.17) is 23.4 Å². The lowest BCUT2D eigenvalue weighted by Gasteiger charge is -2.49. The second kappa shape index (κ2) is 21.4. The molecule has 10 heteroatoms. The van der Waals surface area contributed by atoms with Crippen LogP contribution >= 0.6 is 0 Å². The van der Waals surface area contributed by atoms with Crippen molar-refractivity contribution in [2.45, 2.75) is 128 Å². The zero-order chi connectivity index (χ0) is 46.2. The highest BCUT2D eigenvalue weighted by Gasteiger charge is 2.56. The molecule has 9 rings (SSSR count). The van der Waals surface area contributed by atoms with Crippen molar-refractivity contribution in [1.29, 1.82) is 0 Å². The summed E-state index contributed by atoms with van der Waals surface area (Å²) in [5, 5.41) is 19.8. The van der Waals surface area contributed by atoms with Crippen LogP contribution in [0, 0.1) is 11.8 Å². The largest absolute Gasteiger partial charge is 0.483 e. The first-order valence-electron chi connectivity index (χ1n) is 23.9. The highest BCUT2D eigenvalue weighted by Crippen LogP contribution is 2.52. The van der Waals surface area contributed by atoms with Gasteiger partial charge >= 0.3 is 17.6 Å². The lowest BCUT2D eigenvalue weighted by atomic mass is 9.71. The van der Waals surface area contributed by atoms with Crippen molar-refractivity contribution in [1.82, 2.24) is 0 Å². The Balaban J connectivity index is 1.21. The van der Waals surface area contributed by atoms with Gasteiger partial charge in [0.2, 0.25) is 0 Å². The maximum atomic E-state index is 14.9. The second-order valence-corrected chi connectivity index (χ2v) is 19.0. The summed E-state index contributed by atoms with van der Waals surface area (Å²) in [4.78, 5) is 43.6. The molecule has 1 saturated carbocycles. The van der Waals surface area contributed by atoms with E-state index in [1.807, 2.05) is 39.0 Å². The van der Waals surface area contributed by atoms with Gasteiger partial charge in [-0.3, -0.25) is 4.79 Å². The normalized spacial score (nSPS) is 22.2. The van der Waals surface area contributed by atoms with Gasteiger partial charge < -0.3 is 33.6 Å². The van der Waals surface area contributed by atoms with Crippen molar-refractivity contribution in [2.75, 3.05) is 20.0 Å². The number of aliphatic hydroxyl groups is 2. The summed E-state index contributed by atoms with van der Waals surface area (Å²) < 4.78 is 32.1. The van der Waals surface area contributed by atoms with Crippen LogP contribution in [0.5, 0.6) is 5.75 Å². The molecule has 3 aliphatic heterocycles. The number of fused-ring (bicyclic) bond motifs is 13. The molecule has 0 radical (unpaired) electrons. The third kappa shape index (κ3) is 10.8. The van der Waals surface area contributed by atoms with Gasteiger partial charge in [-0.25, -0.2) is 9.59 Å². The first-order chi connectivity index (χ1) is 32.0. The molecule has 2 bridgehead atoms. The minimum Gasteiger partial charge on any atom is -0.483 e. The monoisotopic (exact) mass is 896 g/mol. The molecule has 0 amide bonds. The number of aryl methyl sites for hydroxylation is 2. The summed E-state index contributed by atoms with van der Waals surface area (Å²) in [5.74, 6) is -1.22. The zero-order valence-electron chi connectivity index (χ0n) is 38.6. The Labute approximate surface area is 387 Å². The van der Waals surface area contributed by atoms with Crippen molar-refractivity contribution in [2.24, 2.45) is 11.8 Å². The van der Waals surface area contributed by atoms with Gasteiger partial charge in [0.1, 0.15) is 23.7 Å². The average Bonchev–Trinajstić information content (AvgIpc) is 3.31. The van der Waals surface area contributed by atoms with Crippen LogP contribution in [0.4, 0.5) is 0 Å². The van der Waals surface area contributed by atoms with Crippen LogP contribution in [-0.4, -0.2) is 53.9 Å². The van der Waals surface area contributed by atoms with Crippen molar-refractivity contribution in [3.05, 3.63) is 158 Å². The highest BCUT2D eigenvalue weighted by atomic mass is 16.6. The minimum absolute atomic E-state index is 0.00362. The number of hydrogen-bond donors (Lipinski definition) is 2. The highest BCUT2D eigenvalue weighted by molar-refractivity contribution is 5.90. The number of carbonyl (C=O) groups is 2. The third-order valence-electron chi connectivity index (χ3n) is 14.2. The molecule has 0 unspecified atom stereocenters. The molecule has 0 saturated heterocycles. The Morgan fingerprint density at radius 1 is 0.803 bits per heavy atom. The number of allylic oxidation sites excluding steroid dienone is 1. The number of esters is 2. The smallest absolute Gasteiger partial charge is 0.339 e. The maximum Gasteiger partial charge on any atom is 0.339 e. The molecule has 348 valence electrons. The summed E-state index contributed by atoms with van der Waals surface area (Å²) >= 11 is 0. The molecular formula is C56H64O10. The van der Waals surface area contributed by atoms with Crippen LogP contribution in [0.2, 0.25) is 0 Å². The van der Waals surface area contributed by atoms with E-state index >= 15 is 0 Å². The van der Waals surface area contributed by atoms with E-state index in [0.717, 1.165) is 68.1 Å². The Morgan fingerprint density at radius 2 is 1.55 bits per heavy atom. The van der Waals surface area contributed by atoms with Crippen LogP contribution in [0.3, 0.4) is 0 Å². The fourth-order valence-corrected chi connectivity index (χ4v) is 10.6. The molecule has 4 aliphatic rings. The van der Waals surface area contributed by atoms with Crippen LogP contribution in [0.15, 0.2) is 117 Å². The van der Waals surface area contributed by atoms with E-state index in [1.54, 1.807) is 6.07 Å². The van der Waals surface area contributed by atoms with E-state index < -0.39 is 48.1 Å². The average molecular weight is 897 g/mol. The number of aliphatic hydroxyl groups excluding tert-OH is 2. The maximum absolute atomic E-state index is 14.9. The lowest BCUT2D eigenvalue weighted by molar-refractivity contribution is -0.201. The second-order valence-electron chi connectivity index (χ2n) is 19.0. The van der Waals surface area contributed by atoms with Crippen molar-refractivity contribution >= 4 is 22.9 Å². The topological polar surface area (TPSA) is 142 Å². The molecular weight excluding hydrogens is 833 g/mol. The van der Waals surface area contributed by atoms with Crippen LogP contribution in [0.1, 0.15) is 130 Å². The van der Waals surface area contributed by atoms with Gasteiger partial charge in [0.15, 0.2) is 12.2 Å². The first kappa shape index (κ1) is 47.0. The van der Waals surface area contributed by atoms with E-state index in [9.17, 15) is 24.6 Å². The van der Waals surface area contributed by atoms with E-state index in [0.29, 0.717) is 41.5 Å². The van der Waals surface area contributed by atoms with E-state index in [-0.39, 0.29) is 49.0 Å². The molecule has 5 atom stereocenters. The van der Waals surface area contributed by atoms with Crippen molar-refractivity contribution in [3.63, 3.8) is 0 Å². The van der Waals surface area contributed by atoms with Gasteiger partial charge in [0.05, 0.1) is 12.2 Å². The van der Waals surface area contributed by atoms with Crippen molar-refractivity contribution in [3.8, 4) is 5.75 Å². The predicted octanol–water partition coefficient (Wildman–Crippen LogP) is 10.2. The zero-order valence-corrected chi connectivity index (χ0v) is 38.6. The van der Waals surface area contributed by atoms with Gasteiger partial charge in [-0.2, -0.15) is 0 Å². The van der Waals surface area contributed by atoms with Gasteiger partial charge in [-0.15, -0.1) is 0 Å². The summed E-state index contributed by atoms with van der Waals surface area (Å²) in [5.41, 5.74) is 6.32. The fraction of sp³-hybridized carbons (Fsp3) is 0.446. The molecule has 1 fully saturated rings. The fourth-order valence-electron chi connectivity index (χ4n) is 10.6.